The van der Waals surface area contributed by atoms with Crippen LogP contribution in [0.1, 0.15) is 34.4 Å². The zero-order valence-electron chi connectivity index (χ0n) is 11.6. The molecule has 0 aliphatic heterocycles. The molecule has 5 heteroatoms. The van der Waals surface area contributed by atoms with Gasteiger partial charge in [0.25, 0.3) is 5.91 Å². The third-order valence-corrected chi connectivity index (χ3v) is 2.97. The van der Waals surface area contributed by atoms with Crippen LogP contribution in [-0.4, -0.2) is 16.8 Å². The minimum absolute atomic E-state index is 0.227. The van der Waals surface area contributed by atoms with Gasteiger partial charge in [-0.1, -0.05) is 17.3 Å². The SMILES string of the molecule is C/C(=N\O)c1cccc(NC(=O)c2cc(C)oc2C)c1. The fraction of sp³-hybridized carbons (Fsp3) is 0.200. The number of anilines is 1. The maximum atomic E-state index is 12.1. The summed E-state index contributed by atoms with van der Waals surface area (Å²) in [5, 5.41) is 14.7. The summed E-state index contributed by atoms with van der Waals surface area (Å²) >= 11 is 0. The summed E-state index contributed by atoms with van der Waals surface area (Å²) in [5.74, 6) is 1.06. The van der Waals surface area contributed by atoms with E-state index in [9.17, 15) is 4.79 Å². The van der Waals surface area contributed by atoms with Crippen LogP contribution in [-0.2, 0) is 0 Å². The molecule has 0 saturated heterocycles. The largest absolute Gasteiger partial charge is 0.466 e. The molecule has 0 atom stereocenters. The van der Waals surface area contributed by atoms with E-state index >= 15 is 0 Å². The van der Waals surface area contributed by atoms with Gasteiger partial charge in [0.2, 0.25) is 0 Å². The number of oxime groups is 1. The first-order chi connectivity index (χ1) is 9.51. The van der Waals surface area contributed by atoms with Crippen LogP contribution < -0.4 is 5.32 Å². The molecule has 1 amide bonds. The maximum absolute atomic E-state index is 12.1. The molecule has 2 N–H and O–H groups in total. The lowest BCUT2D eigenvalue weighted by molar-refractivity contribution is 0.102. The van der Waals surface area contributed by atoms with Gasteiger partial charge in [0.1, 0.15) is 11.5 Å². The van der Waals surface area contributed by atoms with Gasteiger partial charge in [-0.15, -0.1) is 0 Å². The summed E-state index contributed by atoms with van der Waals surface area (Å²) in [4.78, 5) is 12.1. The molecule has 0 aliphatic rings. The zero-order valence-corrected chi connectivity index (χ0v) is 11.6. The van der Waals surface area contributed by atoms with Crippen molar-refractivity contribution in [2.45, 2.75) is 20.8 Å². The summed E-state index contributed by atoms with van der Waals surface area (Å²) in [6.45, 7) is 5.23. The molecule has 0 radical (unpaired) electrons. The lowest BCUT2D eigenvalue weighted by atomic mass is 10.1. The fourth-order valence-electron chi connectivity index (χ4n) is 1.93. The highest BCUT2D eigenvalue weighted by molar-refractivity contribution is 6.06. The van der Waals surface area contributed by atoms with E-state index < -0.39 is 0 Å². The van der Waals surface area contributed by atoms with E-state index in [1.54, 1.807) is 51.1 Å². The van der Waals surface area contributed by atoms with E-state index in [0.717, 1.165) is 5.56 Å². The van der Waals surface area contributed by atoms with Crippen LogP contribution in [0.3, 0.4) is 0 Å². The smallest absolute Gasteiger partial charge is 0.259 e. The van der Waals surface area contributed by atoms with Crippen LogP contribution in [0.5, 0.6) is 0 Å². The van der Waals surface area contributed by atoms with Crippen molar-refractivity contribution in [3.8, 4) is 0 Å². The van der Waals surface area contributed by atoms with Gasteiger partial charge in [-0.2, -0.15) is 0 Å². The quantitative estimate of drug-likeness (QED) is 0.511. The highest BCUT2D eigenvalue weighted by Crippen LogP contribution is 2.17. The van der Waals surface area contributed by atoms with Crippen LogP contribution in [0, 0.1) is 13.8 Å². The molecule has 0 unspecified atom stereocenters. The summed E-state index contributed by atoms with van der Waals surface area (Å²) in [5.41, 5.74) is 2.37. The molecule has 20 heavy (non-hydrogen) atoms. The standard InChI is InChI=1S/C15H16N2O3/c1-9-7-14(11(3)20-9)15(18)16-13-6-4-5-12(8-13)10(2)17-19/h4-8,19H,1-3H3,(H,16,18)/b17-10+. The Kier molecular flexibility index (Phi) is 3.89. The topological polar surface area (TPSA) is 74.8 Å². The average molecular weight is 272 g/mol. The van der Waals surface area contributed by atoms with Crippen molar-refractivity contribution >= 4 is 17.3 Å². The van der Waals surface area contributed by atoms with Crippen molar-refractivity contribution < 1.29 is 14.4 Å². The molecule has 1 aromatic heterocycles. The van der Waals surface area contributed by atoms with Crippen LogP contribution in [0.4, 0.5) is 5.69 Å². The lowest BCUT2D eigenvalue weighted by Gasteiger charge is -2.06. The summed E-state index contributed by atoms with van der Waals surface area (Å²) in [6, 6.07) is 8.81. The van der Waals surface area contributed by atoms with Crippen molar-refractivity contribution in [2.75, 3.05) is 5.32 Å². The van der Waals surface area contributed by atoms with Gasteiger partial charge in [-0.25, -0.2) is 0 Å². The molecule has 5 nitrogen and oxygen atoms in total. The third-order valence-electron chi connectivity index (χ3n) is 2.97. The van der Waals surface area contributed by atoms with Gasteiger partial charge in [-0.05, 0) is 39.0 Å². The number of hydrogen-bond donors (Lipinski definition) is 2. The molecule has 2 rings (SSSR count). The number of nitrogens with zero attached hydrogens (tertiary/aromatic N) is 1. The van der Waals surface area contributed by atoms with E-state index in [2.05, 4.69) is 10.5 Å². The average Bonchev–Trinajstić information content (AvgIpc) is 2.77. The van der Waals surface area contributed by atoms with E-state index in [4.69, 9.17) is 9.62 Å². The summed E-state index contributed by atoms with van der Waals surface area (Å²) < 4.78 is 5.34. The number of rotatable bonds is 3. The van der Waals surface area contributed by atoms with E-state index in [0.29, 0.717) is 28.5 Å². The molecule has 2 aromatic rings. The molecule has 0 saturated carbocycles. The van der Waals surface area contributed by atoms with Crippen molar-refractivity contribution in [2.24, 2.45) is 5.16 Å². The molecule has 0 aliphatic carbocycles. The Morgan fingerprint density at radius 3 is 2.65 bits per heavy atom. The number of amides is 1. The fourth-order valence-corrected chi connectivity index (χ4v) is 1.93. The van der Waals surface area contributed by atoms with Crippen LogP contribution in [0.25, 0.3) is 0 Å². The zero-order chi connectivity index (χ0) is 14.7. The minimum Gasteiger partial charge on any atom is -0.466 e. The Balaban J connectivity index is 2.22. The lowest BCUT2D eigenvalue weighted by Crippen LogP contribution is -2.12. The van der Waals surface area contributed by atoms with Gasteiger partial charge in [0, 0.05) is 11.3 Å². The predicted molar refractivity (Wildman–Crippen MR) is 76.6 cm³/mol. The first-order valence-corrected chi connectivity index (χ1v) is 6.18. The monoisotopic (exact) mass is 272 g/mol. The number of furan rings is 1. The van der Waals surface area contributed by atoms with Gasteiger partial charge in [-0.3, -0.25) is 4.79 Å². The van der Waals surface area contributed by atoms with Crippen molar-refractivity contribution in [3.05, 3.63) is 53.0 Å². The third kappa shape index (κ3) is 2.88. The molecule has 1 heterocycles. The van der Waals surface area contributed by atoms with E-state index in [-0.39, 0.29) is 5.91 Å². The van der Waals surface area contributed by atoms with Crippen molar-refractivity contribution in [3.63, 3.8) is 0 Å². The summed E-state index contributed by atoms with van der Waals surface area (Å²) in [7, 11) is 0. The molecule has 1 aromatic carbocycles. The Bertz CT molecular complexity index is 672. The Labute approximate surface area is 116 Å². The number of hydrogen-bond acceptors (Lipinski definition) is 4. The number of carbonyl (C=O) groups excluding carboxylic acids is 1. The molecule has 0 fully saturated rings. The van der Waals surface area contributed by atoms with Crippen LogP contribution >= 0.6 is 0 Å². The van der Waals surface area contributed by atoms with Crippen LogP contribution in [0.15, 0.2) is 39.9 Å². The first kappa shape index (κ1) is 13.9. The first-order valence-electron chi connectivity index (χ1n) is 6.18. The van der Waals surface area contributed by atoms with Crippen molar-refractivity contribution in [1.29, 1.82) is 0 Å². The highest BCUT2D eigenvalue weighted by Gasteiger charge is 2.13. The Morgan fingerprint density at radius 1 is 1.30 bits per heavy atom. The minimum atomic E-state index is -0.227. The highest BCUT2D eigenvalue weighted by atomic mass is 16.4. The van der Waals surface area contributed by atoms with Crippen LogP contribution in [0.2, 0.25) is 0 Å². The Hall–Kier alpha value is -2.56. The second-order valence-electron chi connectivity index (χ2n) is 4.55. The van der Waals surface area contributed by atoms with Gasteiger partial charge < -0.3 is 14.9 Å². The molecular weight excluding hydrogens is 256 g/mol. The maximum Gasteiger partial charge on any atom is 0.259 e. The van der Waals surface area contributed by atoms with Crippen molar-refractivity contribution in [1.82, 2.24) is 0 Å². The molecule has 0 bridgehead atoms. The van der Waals surface area contributed by atoms with Gasteiger partial charge >= 0.3 is 0 Å². The second kappa shape index (κ2) is 5.61. The van der Waals surface area contributed by atoms with Gasteiger partial charge in [0.05, 0.1) is 11.3 Å². The van der Waals surface area contributed by atoms with E-state index in [1.807, 2.05) is 0 Å². The van der Waals surface area contributed by atoms with E-state index in [1.165, 1.54) is 0 Å². The normalized spacial score (nSPS) is 11.4. The predicted octanol–water partition coefficient (Wildman–Crippen LogP) is 3.35. The van der Waals surface area contributed by atoms with Gasteiger partial charge in [0.15, 0.2) is 0 Å². The molecular formula is C15H16N2O3. The Morgan fingerprint density at radius 2 is 2.05 bits per heavy atom. The number of aryl methyl sites for hydroxylation is 2. The number of benzene rings is 1. The molecule has 0 spiro atoms. The number of carbonyl (C=O) groups is 1. The molecule has 104 valence electrons. The number of nitrogens with one attached hydrogen (secondary N) is 1. The second-order valence-corrected chi connectivity index (χ2v) is 4.55. The summed E-state index contributed by atoms with van der Waals surface area (Å²) in [6.07, 6.45) is 0.